The van der Waals surface area contributed by atoms with Crippen molar-refractivity contribution in [2.75, 3.05) is 5.32 Å². The molecule has 26 heavy (non-hydrogen) atoms. The molecule has 0 saturated heterocycles. The van der Waals surface area contributed by atoms with E-state index in [4.69, 9.17) is 23.2 Å². The smallest absolute Gasteiger partial charge is 0.238 e. The topological polar surface area (TPSA) is 54.9 Å². The Kier molecular flexibility index (Phi) is 6.13. The normalized spacial score (nSPS) is 12.0. The molecule has 0 saturated carbocycles. The van der Waals surface area contributed by atoms with Crippen molar-refractivity contribution < 1.29 is 9.18 Å². The lowest BCUT2D eigenvalue weighted by atomic mass is 10.2. The van der Waals surface area contributed by atoms with Crippen LogP contribution in [0.2, 0.25) is 10.0 Å². The van der Waals surface area contributed by atoms with Gasteiger partial charge >= 0.3 is 0 Å². The van der Waals surface area contributed by atoms with Gasteiger partial charge in [-0.3, -0.25) is 4.79 Å². The average molecular weight is 428 g/mol. The van der Waals surface area contributed by atoms with Crippen LogP contribution in [0.1, 0.15) is 6.92 Å². The lowest BCUT2D eigenvalue weighted by Crippen LogP contribution is -2.23. The highest BCUT2D eigenvalue weighted by Gasteiger charge is 2.18. The van der Waals surface area contributed by atoms with Crippen LogP contribution in [0, 0.1) is 5.82 Å². The molecule has 0 aliphatic carbocycles. The second kappa shape index (κ2) is 8.35. The number of carbonyl (C=O) groups excluding carboxylic acids is 1. The highest BCUT2D eigenvalue weighted by molar-refractivity contribution is 8.02. The van der Waals surface area contributed by atoms with Gasteiger partial charge in [-0.15, -0.1) is 11.3 Å². The summed E-state index contributed by atoms with van der Waals surface area (Å²) in [6.45, 7) is 1.77. The molecular weight excluding hydrogens is 416 g/mol. The standard InChI is InChI=1S/C17H12Cl2FN3OS2/c1-9(16(24)23-15-13(19)6-11(18)7-21-15)26-17-22-14(8-25-17)10-2-4-12(20)5-3-10/h2-9H,1H3,(H,21,23,24)/t9-/m0/s1. The average Bonchev–Trinajstić information content (AvgIpc) is 3.06. The number of nitrogens with zero attached hydrogens (tertiary/aromatic N) is 2. The molecule has 1 aromatic carbocycles. The van der Waals surface area contributed by atoms with Crippen LogP contribution in [0.15, 0.2) is 46.2 Å². The highest BCUT2D eigenvalue weighted by Crippen LogP contribution is 2.31. The van der Waals surface area contributed by atoms with Crippen LogP contribution in [0.25, 0.3) is 11.3 Å². The Morgan fingerprint density at radius 1 is 1.31 bits per heavy atom. The number of aromatic nitrogens is 2. The van der Waals surface area contributed by atoms with Gasteiger partial charge in [0, 0.05) is 17.1 Å². The predicted octanol–water partition coefficient (Wildman–Crippen LogP) is 5.77. The number of halogens is 3. The van der Waals surface area contributed by atoms with Crippen LogP contribution in [-0.4, -0.2) is 21.1 Å². The number of rotatable bonds is 5. The maximum atomic E-state index is 13.0. The van der Waals surface area contributed by atoms with Gasteiger partial charge in [0.2, 0.25) is 5.91 Å². The number of benzene rings is 1. The Labute approximate surface area is 167 Å². The van der Waals surface area contributed by atoms with Crippen molar-refractivity contribution in [2.24, 2.45) is 0 Å². The minimum Gasteiger partial charge on any atom is -0.308 e. The zero-order chi connectivity index (χ0) is 18.7. The van der Waals surface area contributed by atoms with Crippen LogP contribution in [-0.2, 0) is 4.79 Å². The molecule has 3 rings (SSSR count). The molecule has 3 aromatic rings. The number of amides is 1. The van der Waals surface area contributed by atoms with Crippen molar-refractivity contribution in [2.45, 2.75) is 16.5 Å². The quantitative estimate of drug-likeness (QED) is 0.524. The number of hydrogen-bond acceptors (Lipinski definition) is 5. The van der Waals surface area contributed by atoms with E-state index in [-0.39, 0.29) is 22.6 Å². The van der Waals surface area contributed by atoms with Gasteiger partial charge in [-0.2, -0.15) is 0 Å². The molecule has 134 valence electrons. The van der Waals surface area contributed by atoms with Gasteiger partial charge in [0.25, 0.3) is 0 Å². The molecule has 2 heterocycles. The van der Waals surface area contributed by atoms with E-state index in [1.807, 2.05) is 5.38 Å². The first-order valence-corrected chi connectivity index (χ1v) is 9.94. The van der Waals surface area contributed by atoms with Crippen molar-refractivity contribution in [1.29, 1.82) is 0 Å². The Morgan fingerprint density at radius 3 is 2.73 bits per heavy atom. The van der Waals surface area contributed by atoms with Gasteiger partial charge in [-0.1, -0.05) is 35.0 Å². The van der Waals surface area contributed by atoms with E-state index < -0.39 is 5.25 Å². The van der Waals surface area contributed by atoms with Gasteiger partial charge in [0.1, 0.15) is 5.82 Å². The zero-order valence-electron chi connectivity index (χ0n) is 13.4. The summed E-state index contributed by atoms with van der Waals surface area (Å²) < 4.78 is 13.7. The van der Waals surface area contributed by atoms with Crippen molar-refractivity contribution in [3.8, 4) is 11.3 Å². The Balaban J connectivity index is 1.65. The molecule has 1 atom stereocenters. The van der Waals surface area contributed by atoms with E-state index in [1.165, 1.54) is 47.5 Å². The third kappa shape index (κ3) is 4.73. The maximum Gasteiger partial charge on any atom is 0.238 e. The molecular formula is C17H12Cl2FN3OS2. The monoisotopic (exact) mass is 427 g/mol. The van der Waals surface area contributed by atoms with Crippen molar-refractivity contribution in [3.63, 3.8) is 0 Å². The van der Waals surface area contributed by atoms with Crippen LogP contribution >= 0.6 is 46.3 Å². The minimum absolute atomic E-state index is 0.245. The van der Waals surface area contributed by atoms with E-state index in [2.05, 4.69) is 15.3 Å². The molecule has 2 aromatic heterocycles. The molecule has 0 aliphatic rings. The third-order valence-electron chi connectivity index (χ3n) is 3.32. The first-order chi connectivity index (χ1) is 12.4. The SMILES string of the molecule is C[C@H](Sc1nc(-c2ccc(F)cc2)cs1)C(=O)Nc1ncc(Cl)cc1Cl. The van der Waals surface area contributed by atoms with Crippen LogP contribution in [0.4, 0.5) is 10.2 Å². The molecule has 0 fully saturated rings. The fourth-order valence-electron chi connectivity index (χ4n) is 1.99. The summed E-state index contributed by atoms with van der Waals surface area (Å²) in [4.78, 5) is 20.8. The Hall–Kier alpha value is -1.67. The maximum absolute atomic E-state index is 13.0. The molecule has 0 bridgehead atoms. The summed E-state index contributed by atoms with van der Waals surface area (Å²) in [6.07, 6.45) is 1.41. The second-order valence-corrected chi connectivity index (χ2v) is 8.53. The van der Waals surface area contributed by atoms with Gasteiger partial charge < -0.3 is 5.32 Å². The van der Waals surface area contributed by atoms with Crippen LogP contribution in [0.3, 0.4) is 0 Å². The fourth-order valence-corrected chi connectivity index (χ4v) is 4.39. The first-order valence-electron chi connectivity index (χ1n) is 7.42. The molecule has 9 heteroatoms. The molecule has 0 aliphatic heterocycles. The van der Waals surface area contributed by atoms with E-state index in [1.54, 1.807) is 19.1 Å². The summed E-state index contributed by atoms with van der Waals surface area (Å²) in [5.41, 5.74) is 1.57. The Bertz CT molecular complexity index is 934. The third-order valence-corrected chi connectivity index (χ3v) is 5.89. The van der Waals surface area contributed by atoms with Crippen LogP contribution < -0.4 is 5.32 Å². The largest absolute Gasteiger partial charge is 0.308 e. The zero-order valence-corrected chi connectivity index (χ0v) is 16.5. The second-order valence-electron chi connectivity index (χ2n) is 5.24. The number of thiazole rings is 1. The summed E-state index contributed by atoms with van der Waals surface area (Å²) in [6, 6.07) is 7.63. The Morgan fingerprint density at radius 2 is 2.04 bits per heavy atom. The first kappa shape index (κ1) is 19.1. The summed E-state index contributed by atoms with van der Waals surface area (Å²) >= 11 is 14.6. The number of anilines is 1. The van der Waals surface area contributed by atoms with E-state index in [0.29, 0.717) is 5.02 Å². The molecule has 1 amide bonds. The summed E-state index contributed by atoms with van der Waals surface area (Å²) in [5.74, 6) is -0.275. The molecule has 1 N–H and O–H groups in total. The van der Waals surface area contributed by atoms with Crippen LogP contribution in [0.5, 0.6) is 0 Å². The number of carbonyl (C=O) groups is 1. The van der Waals surface area contributed by atoms with Gasteiger partial charge in [-0.05, 0) is 37.3 Å². The molecule has 0 radical (unpaired) electrons. The lowest BCUT2D eigenvalue weighted by molar-refractivity contribution is -0.115. The van der Waals surface area contributed by atoms with Crippen molar-refractivity contribution >= 4 is 58.0 Å². The van der Waals surface area contributed by atoms with Gasteiger partial charge in [-0.25, -0.2) is 14.4 Å². The number of nitrogens with one attached hydrogen (secondary N) is 1. The fraction of sp³-hybridized carbons (Fsp3) is 0.118. The van der Waals surface area contributed by atoms with Gasteiger partial charge in [0.15, 0.2) is 10.2 Å². The summed E-state index contributed by atoms with van der Waals surface area (Å²) in [5, 5.41) is 4.81. The molecule has 4 nitrogen and oxygen atoms in total. The highest BCUT2D eigenvalue weighted by atomic mass is 35.5. The lowest BCUT2D eigenvalue weighted by Gasteiger charge is -2.11. The molecule has 0 unspecified atom stereocenters. The minimum atomic E-state index is -0.407. The van der Waals surface area contributed by atoms with E-state index in [9.17, 15) is 9.18 Å². The van der Waals surface area contributed by atoms with E-state index >= 15 is 0 Å². The number of thioether (sulfide) groups is 1. The molecule has 0 spiro atoms. The number of hydrogen-bond donors (Lipinski definition) is 1. The number of pyridine rings is 1. The van der Waals surface area contributed by atoms with Crippen molar-refractivity contribution in [3.05, 3.63) is 57.8 Å². The van der Waals surface area contributed by atoms with Crippen molar-refractivity contribution in [1.82, 2.24) is 9.97 Å². The van der Waals surface area contributed by atoms with E-state index in [0.717, 1.165) is 15.6 Å². The summed E-state index contributed by atoms with van der Waals surface area (Å²) in [7, 11) is 0. The van der Waals surface area contributed by atoms with Gasteiger partial charge in [0.05, 0.1) is 21.0 Å². The predicted molar refractivity (Wildman–Crippen MR) is 106 cm³/mol.